The summed E-state index contributed by atoms with van der Waals surface area (Å²) in [5, 5.41) is 11.6. The fourth-order valence-electron chi connectivity index (χ4n) is 2.65. The number of nitrogens with one attached hydrogen (secondary N) is 1. The van der Waals surface area contributed by atoms with E-state index in [-0.39, 0.29) is 5.91 Å². The highest BCUT2D eigenvalue weighted by molar-refractivity contribution is 9.10. The second kappa shape index (κ2) is 8.10. The van der Waals surface area contributed by atoms with Crippen LogP contribution < -0.4 is 10.1 Å². The Kier molecular flexibility index (Phi) is 5.36. The quantitative estimate of drug-likeness (QED) is 0.471. The van der Waals surface area contributed by atoms with Gasteiger partial charge in [-0.3, -0.25) is 10.1 Å². The summed E-state index contributed by atoms with van der Waals surface area (Å²) in [6.07, 6.45) is 0. The normalized spacial score (nSPS) is 10.7. The number of benzene rings is 2. The average Bonchev–Trinajstić information content (AvgIpc) is 3.35. The van der Waals surface area contributed by atoms with Gasteiger partial charge in [-0.2, -0.15) is 9.36 Å². The van der Waals surface area contributed by atoms with E-state index in [2.05, 4.69) is 40.9 Å². The number of anilines is 1. The summed E-state index contributed by atoms with van der Waals surface area (Å²) in [7, 11) is 1.58. The van der Waals surface area contributed by atoms with Crippen LogP contribution in [0.2, 0.25) is 0 Å². The van der Waals surface area contributed by atoms with E-state index in [1.54, 1.807) is 36.1 Å². The Labute approximate surface area is 178 Å². The summed E-state index contributed by atoms with van der Waals surface area (Å²) in [4.78, 5) is 16.8. The zero-order chi connectivity index (χ0) is 20.4. The van der Waals surface area contributed by atoms with Crippen LogP contribution in [0.25, 0.3) is 17.2 Å². The number of rotatable bonds is 5. The molecule has 0 spiro atoms. The van der Waals surface area contributed by atoms with Crippen LogP contribution in [0, 0.1) is 6.92 Å². The number of hydrogen-bond acceptors (Lipinski definition) is 7. The molecule has 0 saturated carbocycles. The number of ether oxygens (including phenoxy) is 1. The van der Waals surface area contributed by atoms with Crippen LogP contribution in [0.1, 0.15) is 16.1 Å². The minimum Gasteiger partial charge on any atom is -0.497 e. The van der Waals surface area contributed by atoms with Crippen molar-refractivity contribution in [2.45, 2.75) is 6.92 Å². The van der Waals surface area contributed by atoms with Gasteiger partial charge in [0.1, 0.15) is 5.75 Å². The zero-order valence-corrected chi connectivity index (χ0v) is 17.9. The number of aromatic nitrogens is 5. The fraction of sp³-hybridized carbons (Fsp3) is 0.105. The van der Waals surface area contributed by atoms with E-state index >= 15 is 0 Å². The molecule has 2 heterocycles. The molecule has 2 aromatic heterocycles. The lowest BCUT2D eigenvalue weighted by Crippen LogP contribution is -2.11. The predicted octanol–water partition coefficient (Wildman–Crippen LogP) is 4.12. The third kappa shape index (κ3) is 4.03. The smallest absolute Gasteiger partial charge is 0.257 e. The molecule has 4 aromatic rings. The van der Waals surface area contributed by atoms with Crippen LogP contribution in [0.15, 0.2) is 53.0 Å². The van der Waals surface area contributed by atoms with E-state index in [9.17, 15) is 4.79 Å². The molecule has 0 saturated heterocycles. The van der Waals surface area contributed by atoms with Crippen LogP contribution >= 0.6 is 27.5 Å². The molecule has 10 heteroatoms. The number of hydrogen-bond donors (Lipinski definition) is 1. The Morgan fingerprint density at radius 2 is 1.86 bits per heavy atom. The van der Waals surface area contributed by atoms with E-state index in [0.717, 1.165) is 27.4 Å². The summed E-state index contributed by atoms with van der Waals surface area (Å²) >= 11 is 4.51. The van der Waals surface area contributed by atoms with Crippen molar-refractivity contribution in [1.82, 2.24) is 24.4 Å². The molecule has 2 aromatic carbocycles. The third-order valence-corrected chi connectivity index (χ3v) is 5.34. The van der Waals surface area contributed by atoms with Crippen molar-refractivity contribution >= 4 is 38.5 Å². The van der Waals surface area contributed by atoms with Gasteiger partial charge < -0.3 is 4.74 Å². The molecular formula is C19H15BrN6O2S. The van der Waals surface area contributed by atoms with Gasteiger partial charge in [-0.05, 0) is 55.5 Å². The monoisotopic (exact) mass is 470 g/mol. The van der Waals surface area contributed by atoms with Crippen molar-refractivity contribution in [3.8, 4) is 23.0 Å². The first-order valence-corrected chi connectivity index (χ1v) is 10.1. The van der Waals surface area contributed by atoms with E-state index in [4.69, 9.17) is 4.74 Å². The molecule has 0 radical (unpaired) electrons. The van der Waals surface area contributed by atoms with Gasteiger partial charge in [0.05, 0.1) is 18.5 Å². The van der Waals surface area contributed by atoms with E-state index in [1.165, 1.54) is 0 Å². The summed E-state index contributed by atoms with van der Waals surface area (Å²) in [6, 6.07) is 14.6. The molecule has 0 aliphatic heterocycles. The summed E-state index contributed by atoms with van der Waals surface area (Å²) in [5.41, 5.74) is 2.75. The molecule has 0 unspecified atom stereocenters. The maximum atomic E-state index is 12.4. The Morgan fingerprint density at radius 3 is 2.55 bits per heavy atom. The largest absolute Gasteiger partial charge is 0.497 e. The number of halogens is 1. The molecule has 0 aliphatic rings. The van der Waals surface area contributed by atoms with Crippen LogP contribution in [0.5, 0.6) is 5.75 Å². The van der Waals surface area contributed by atoms with Gasteiger partial charge in [0, 0.05) is 21.6 Å². The van der Waals surface area contributed by atoms with Gasteiger partial charge in [0.15, 0.2) is 11.5 Å². The highest BCUT2D eigenvalue weighted by atomic mass is 79.9. The molecule has 0 atom stereocenters. The maximum Gasteiger partial charge on any atom is 0.257 e. The first-order chi connectivity index (χ1) is 14.0. The van der Waals surface area contributed by atoms with Gasteiger partial charge in [0.2, 0.25) is 5.13 Å². The molecule has 29 heavy (non-hydrogen) atoms. The summed E-state index contributed by atoms with van der Waals surface area (Å²) in [6.45, 7) is 1.90. The molecule has 146 valence electrons. The van der Waals surface area contributed by atoms with Crippen molar-refractivity contribution < 1.29 is 9.53 Å². The number of carbonyl (C=O) groups excluding carboxylic acids is 1. The Hall–Kier alpha value is -3.11. The summed E-state index contributed by atoms with van der Waals surface area (Å²) < 4.78 is 12.1. The van der Waals surface area contributed by atoms with Crippen LogP contribution in [0.4, 0.5) is 5.13 Å². The van der Waals surface area contributed by atoms with E-state index in [0.29, 0.717) is 28.0 Å². The fourth-order valence-corrected chi connectivity index (χ4v) is 3.48. The lowest BCUT2D eigenvalue weighted by Gasteiger charge is -2.03. The number of methoxy groups -OCH3 is 1. The Balaban J connectivity index is 1.53. The molecular weight excluding hydrogens is 456 g/mol. The first kappa shape index (κ1) is 19.2. The van der Waals surface area contributed by atoms with Crippen molar-refractivity contribution in [3.63, 3.8) is 0 Å². The SMILES string of the molecule is COc1ccc(C(=O)Nc2nc(-c3nnn(-c4ccc(Br)cc4)c3C)ns2)cc1. The molecule has 1 N–H and O–H groups in total. The minimum absolute atomic E-state index is 0.273. The number of nitrogens with zero attached hydrogens (tertiary/aromatic N) is 5. The highest BCUT2D eigenvalue weighted by Gasteiger charge is 2.18. The Bertz CT molecular complexity index is 1150. The van der Waals surface area contributed by atoms with Crippen molar-refractivity contribution in [2.24, 2.45) is 0 Å². The predicted molar refractivity (Wildman–Crippen MR) is 114 cm³/mol. The second-order valence-corrected chi connectivity index (χ2v) is 7.68. The van der Waals surface area contributed by atoms with E-state index < -0.39 is 0 Å². The van der Waals surface area contributed by atoms with Crippen LogP contribution in [0.3, 0.4) is 0 Å². The molecule has 8 nitrogen and oxygen atoms in total. The third-order valence-electron chi connectivity index (χ3n) is 4.18. The van der Waals surface area contributed by atoms with Gasteiger partial charge >= 0.3 is 0 Å². The van der Waals surface area contributed by atoms with Crippen molar-refractivity contribution in [1.29, 1.82) is 0 Å². The lowest BCUT2D eigenvalue weighted by molar-refractivity contribution is 0.102. The number of amides is 1. The van der Waals surface area contributed by atoms with Crippen LogP contribution in [-0.4, -0.2) is 37.4 Å². The van der Waals surface area contributed by atoms with E-state index in [1.807, 2.05) is 31.2 Å². The van der Waals surface area contributed by atoms with Gasteiger partial charge in [0.25, 0.3) is 5.91 Å². The topological polar surface area (TPSA) is 94.8 Å². The second-order valence-electron chi connectivity index (χ2n) is 6.02. The minimum atomic E-state index is -0.273. The molecule has 0 bridgehead atoms. The molecule has 1 amide bonds. The van der Waals surface area contributed by atoms with Gasteiger partial charge in [-0.15, -0.1) is 5.10 Å². The number of carbonyl (C=O) groups is 1. The van der Waals surface area contributed by atoms with Gasteiger partial charge in [-0.1, -0.05) is 21.1 Å². The van der Waals surface area contributed by atoms with Crippen molar-refractivity contribution in [2.75, 3.05) is 12.4 Å². The standard InChI is InChI=1S/C19H15BrN6O2S/c1-11-16(23-25-26(11)14-7-5-13(20)6-8-14)17-21-19(29-24-17)22-18(27)12-3-9-15(28-2)10-4-12/h3-10H,1-2H3,(H,21,22,24,27). The maximum absolute atomic E-state index is 12.4. The lowest BCUT2D eigenvalue weighted by atomic mass is 10.2. The van der Waals surface area contributed by atoms with Crippen molar-refractivity contribution in [3.05, 3.63) is 64.3 Å². The molecule has 4 rings (SSSR count). The zero-order valence-electron chi connectivity index (χ0n) is 15.5. The molecule has 0 fully saturated rings. The van der Waals surface area contributed by atoms with Crippen LogP contribution in [-0.2, 0) is 0 Å². The van der Waals surface area contributed by atoms with Gasteiger partial charge in [-0.25, -0.2) is 4.68 Å². The Morgan fingerprint density at radius 1 is 1.14 bits per heavy atom. The average molecular weight is 471 g/mol. The molecule has 0 aliphatic carbocycles. The summed E-state index contributed by atoms with van der Waals surface area (Å²) in [5.74, 6) is 0.829. The first-order valence-electron chi connectivity index (χ1n) is 8.53. The highest BCUT2D eigenvalue weighted by Crippen LogP contribution is 2.24.